The summed E-state index contributed by atoms with van der Waals surface area (Å²) in [4.78, 5) is 15.2. The van der Waals surface area contributed by atoms with Crippen molar-refractivity contribution >= 4 is 17.6 Å². The number of carboxylic acid groups (broad SMARTS) is 1. The van der Waals surface area contributed by atoms with Crippen molar-refractivity contribution in [2.75, 3.05) is 0 Å². The molecule has 0 unspecified atom stereocenters. The Morgan fingerprint density at radius 1 is 1.53 bits per heavy atom. The highest BCUT2D eigenvalue weighted by Crippen LogP contribution is 2.22. The van der Waals surface area contributed by atoms with Gasteiger partial charge in [-0.2, -0.15) is 5.10 Å². The molecule has 0 fully saturated rings. The van der Waals surface area contributed by atoms with Gasteiger partial charge in [0, 0.05) is 7.05 Å². The molecule has 7 heteroatoms. The normalized spacial score (nSPS) is 10.9. The SMILES string of the molecule is CCc1nn(C)c(Cn2c(C(=O)O)cnc2C)c1Cl. The number of carboxylic acids is 1. The molecule has 0 amide bonds. The summed E-state index contributed by atoms with van der Waals surface area (Å²) >= 11 is 6.27. The Kier molecular flexibility index (Phi) is 3.61. The number of aryl methyl sites for hydroxylation is 3. The zero-order chi connectivity index (χ0) is 14.2. The largest absolute Gasteiger partial charge is 0.477 e. The highest BCUT2D eigenvalue weighted by Gasteiger charge is 2.18. The molecule has 6 nitrogen and oxygen atoms in total. The fourth-order valence-electron chi connectivity index (χ4n) is 1.98. The topological polar surface area (TPSA) is 72.9 Å². The van der Waals surface area contributed by atoms with Gasteiger partial charge in [-0.25, -0.2) is 9.78 Å². The Morgan fingerprint density at radius 3 is 2.74 bits per heavy atom. The smallest absolute Gasteiger partial charge is 0.354 e. The van der Waals surface area contributed by atoms with Gasteiger partial charge in [-0.3, -0.25) is 4.68 Å². The van der Waals surface area contributed by atoms with Gasteiger partial charge in [-0.1, -0.05) is 18.5 Å². The van der Waals surface area contributed by atoms with Crippen LogP contribution in [0.3, 0.4) is 0 Å². The fraction of sp³-hybridized carbons (Fsp3) is 0.417. The maximum absolute atomic E-state index is 11.1. The molecule has 2 aromatic heterocycles. The number of hydrogen-bond acceptors (Lipinski definition) is 3. The van der Waals surface area contributed by atoms with Gasteiger partial charge < -0.3 is 9.67 Å². The number of rotatable bonds is 4. The Labute approximate surface area is 115 Å². The number of nitrogens with zero attached hydrogens (tertiary/aromatic N) is 4. The monoisotopic (exact) mass is 282 g/mol. The maximum Gasteiger partial charge on any atom is 0.354 e. The molecule has 0 spiro atoms. The molecular weight excluding hydrogens is 268 g/mol. The second kappa shape index (κ2) is 5.05. The van der Waals surface area contributed by atoms with Gasteiger partial charge in [-0.05, 0) is 13.3 Å². The van der Waals surface area contributed by atoms with Gasteiger partial charge >= 0.3 is 5.97 Å². The third kappa shape index (κ3) is 2.35. The Hall–Kier alpha value is -1.82. The van der Waals surface area contributed by atoms with Crippen molar-refractivity contribution in [3.63, 3.8) is 0 Å². The quantitative estimate of drug-likeness (QED) is 0.929. The van der Waals surface area contributed by atoms with Crippen LogP contribution >= 0.6 is 11.6 Å². The van der Waals surface area contributed by atoms with E-state index in [1.165, 1.54) is 6.20 Å². The summed E-state index contributed by atoms with van der Waals surface area (Å²) in [6.07, 6.45) is 2.09. The minimum atomic E-state index is -1.00. The van der Waals surface area contributed by atoms with Gasteiger partial charge in [0.25, 0.3) is 0 Å². The third-order valence-electron chi connectivity index (χ3n) is 3.09. The summed E-state index contributed by atoms with van der Waals surface area (Å²) in [6.45, 7) is 4.08. The van der Waals surface area contributed by atoms with Gasteiger partial charge in [0.1, 0.15) is 11.5 Å². The molecule has 2 heterocycles. The van der Waals surface area contributed by atoms with Crippen LogP contribution in [-0.2, 0) is 20.0 Å². The van der Waals surface area contributed by atoms with E-state index in [2.05, 4.69) is 10.1 Å². The summed E-state index contributed by atoms with van der Waals surface area (Å²) in [5.41, 5.74) is 1.74. The van der Waals surface area contributed by atoms with Crippen LogP contribution < -0.4 is 0 Å². The standard InChI is InChI=1S/C12H15ClN4O2/c1-4-8-11(13)10(16(3)15-8)6-17-7(2)14-5-9(17)12(18)19/h5H,4,6H2,1-3H3,(H,18,19). The molecule has 102 valence electrons. The van der Waals surface area contributed by atoms with Crippen molar-refractivity contribution in [1.82, 2.24) is 19.3 Å². The minimum absolute atomic E-state index is 0.146. The molecule has 2 aromatic rings. The predicted molar refractivity (Wildman–Crippen MR) is 70.6 cm³/mol. The van der Waals surface area contributed by atoms with Crippen LogP contribution in [0.15, 0.2) is 6.20 Å². The van der Waals surface area contributed by atoms with Crippen LogP contribution in [-0.4, -0.2) is 30.4 Å². The molecule has 0 atom stereocenters. The van der Waals surface area contributed by atoms with Crippen molar-refractivity contribution < 1.29 is 9.90 Å². The summed E-state index contributed by atoms with van der Waals surface area (Å²) in [7, 11) is 1.80. The van der Waals surface area contributed by atoms with Crippen molar-refractivity contribution in [1.29, 1.82) is 0 Å². The molecule has 1 N–H and O–H groups in total. The van der Waals surface area contributed by atoms with Gasteiger partial charge in [0.05, 0.1) is 29.2 Å². The van der Waals surface area contributed by atoms with Crippen LogP contribution in [0, 0.1) is 6.92 Å². The molecular formula is C12H15ClN4O2. The van der Waals surface area contributed by atoms with Crippen LogP contribution in [0.4, 0.5) is 0 Å². The lowest BCUT2D eigenvalue weighted by atomic mass is 10.3. The van der Waals surface area contributed by atoms with Crippen LogP contribution in [0.25, 0.3) is 0 Å². The molecule has 0 aliphatic rings. The molecule has 0 aromatic carbocycles. The van der Waals surface area contributed by atoms with E-state index < -0.39 is 5.97 Å². The first kappa shape index (κ1) is 13.6. The van der Waals surface area contributed by atoms with E-state index in [9.17, 15) is 4.79 Å². The van der Waals surface area contributed by atoms with Gasteiger partial charge in [-0.15, -0.1) is 0 Å². The number of hydrogen-bond donors (Lipinski definition) is 1. The van der Waals surface area contributed by atoms with Crippen LogP contribution in [0.1, 0.15) is 34.6 Å². The summed E-state index contributed by atoms with van der Waals surface area (Å²) < 4.78 is 3.30. The number of carbonyl (C=O) groups is 1. The molecule has 0 bridgehead atoms. The number of imidazole rings is 1. The fourth-order valence-corrected chi connectivity index (χ4v) is 2.33. The summed E-state index contributed by atoms with van der Waals surface area (Å²) in [5, 5.41) is 14.0. The second-order valence-corrected chi connectivity index (χ2v) is 4.64. The average molecular weight is 283 g/mol. The Balaban J connectivity index is 2.44. The highest BCUT2D eigenvalue weighted by atomic mass is 35.5. The minimum Gasteiger partial charge on any atom is -0.477 e. The summed E-state index contributed by atoms with van der Waals surface area (Å²) in [5.74, 6) is -0.373. The molecule has 0 saturated carbocycles. The predicted octanol–water partition coefficient (Wildman–Crippen LogP) is 1.89. The van der Waals surface area contributed by atoms with E-state index in [1.807, 2.05) is 6.92 Å². The third-order valence-corrected chi connectivity index (χ3v) is 3.52. The second-order valence-electron chi connectivity index (χ2n) is 4.27. The zero-order valence-electron chi connectivity index (χ0n) is 11.0. The van der Waals surface area contributed by atoms with Gasteiger partial charge in [0.15, 0.2) is 0 Å². The number of halogens is 1. The highest BCUT2D eigenvalue weighted by molar-refractivity contribution is 6.31. The average Bonchev–Trinajstić information content (AvgIpc) is 2.85. The number of aromatic nitrogens is 4. The number of aromatic carboxylic acids is 1. The van der Waals surface area contributed by atoms with Crippen molar-refractivity contribution in [3.05, 3.63) is 34.1 Å². The van der Waals surface area contributed by atoms with E-state index in [0.717, 1.165) is 17.8 Å². The van der Waals surface area contributed by atoms with Crippen molar-refractivity contribution in [2.24, 2.45) is 7.05 Å². The van der Waals surface area contributed by atoms with Crippen molar-refractivity contribution in [3.8, 4) is 0 Å². The van der Waals surface area contributed by atoms with E-state index in [-0.39, 0.29) is 5.69 Å². The van der Waals surface area contributed by atoms with Crippen molar-refractivity contribution in [2.45, 2.75) is 26.8 Å². The maximum atomic E-state index is 11.1. The van der Waals surface area contributed by atoms with E-state index in [4.69, 9.17) is 16.7 Å². The van der Waals surface area contributed by atoms with E-state index in [1.54, 1.807) is 23.2 Å². The Morgan fingerprint density at radius 2 is 2.21 bits per heavy atom. The van der Waals surface area contributed by atoms with E-state index >= 15 is 0 Å². The first-order valence-electron chi connectivity index (χ1n) is 5.91. The van der Waals surface area contributed by atoms with Crippen LogP contribution in [0.2, 0.25) is 5.02 Å². The lowest BCUT2D eigenvalue weighted by molar-refractivity contribution is 0.0685. The first-order chi connectivity index (χ1) is 8.95. The van der Waals surface area contributed by atoms with E-state index in [0.29, 0.717) is 17.4 Å². The molecule has 0 aliphatic heterocycles. The lowest BCUT2D eigenvalue weighted by Crippen LogP contribution is -2.13. The molecule has 0 radical (unpaired) electrons. The zero-order valence-corrected chi connectivity index (χ0v) is 11.8. The Bertz CT molecular complexity index is 630. The first-order valence-corrected chi connectivity index (χ1v) is 6.29. The summed E-state index contributed by atoms with van der Waals surface area (Å²) in [6, 6.07) is 0. The van der Waals surface area contributed by atoms with Gasteiger partial charge in [0.2, 0.25) is 0 Å². The lowest BCUT2D eigenvalue weighted by Gasteiger charge is -2.08. The molecule has 19 heavy (non-hydrogen) atoms. The van der Waals surface area contributed by atoms with Crippen LogP contribution in [0.5, 0.6) is 0 Å². The molecule has 0 saturated heterocycles. The molecule has 2 rings (SSSR count). The molecule has 0 aliphatic carbocycles.